The van der Waals surface area contributed by atoms with Crippen LogP contribution in [0.4, 0.5) is 0 Å². The minimum atomic E-state index is -0.0414. The maximum atomic E-state index is 12.4. The standard InChI is InChI=1S/C22H30N4O2/c1-28-19-10-8-16(9-11-19)14-26-12-4-5-17(15-26)20-13-21(25-24-20)22(27)23-18-6-2-3-7-18/h8-11,13,17-18H,2-7,12,14-15H2,1H3,(H,23,27)(H,24,25). The minimum absolute atomic E-state index is 0.0414. The summed E-state index contributed by atoms with van der Waals surface area (Å²) in [6.45, 7) is 3.02. The van der Waals surface area contributed by atoms with Crippen molar-refractivity contribution in [2.24, 2.45) is 0 Å². The van der Waals surface area contributed by atoms with Gasteiger partial charge in [0, 0.05) is 30.7 Å². The summed E-state index contributed by atoms with van der Waals surface area (Å²) in [5.41, 5.74) is 2.90. The number of amides is 1. The Hall–Kier alpha value is -2.34. The van der Waals surface area contributed by atoms with Crippen molar-refractivity contribution in [2.45, 2.75) is 57.0 Å². The predicted octanol–water partition coefficient (Wildman–Crippen LogP) is 3.47. The van der Waals surface area contributed by atoms with Gasteiger partial charge in [0.15, 0.2) is 0 Å². The summed E-state index contributed by atoms with van der Waals surface area (Å²) in [6, 6.07) is 10.6. The van der Waals surface area contributed by atoms with E-state index in [1.165, 1.54) is 18.4 Å². The number of ether oxygens (including phenoxy) is 1. The average Bonchev–Trinajstić information content (AvgIpc) is 3.41. The van der Waals surface area contributed by atoms with Gasteiger partial charge in [0.1, 0.15) is 11.4 Å². The molecule has 2 heterocycles. The molecule has 1 unspecified atom stereocenters. The van der Waals surface area contributed by atoms with E-state index < -0.39 is 0 Å². The number of rotatable bonds is 6. The SMILES string of the molecule is COc1ccc(CN2CCCC(c3cc(C(=O)NC4CCCC4)n[nH]3)C2)cc1. The van der Waals surface area contributed by atoms with Crippen molar-refractivity contribution < 1.29 is 9.53 Å². The van der Waals surface area contributed by atoms with Gasteiger partial charge in [0.2, 0.25) is 0 Å². The molecule has 0 radical (unpaired) electrons. The maximum Gasteiger partial charge on any atom is 0.271 e. The number of hydrogen-bond donors (Lipinski definition) is 2. The summed E-state index contributed by atoms with van der Waals surface area (Å²) >= 11 is 0. The molecule has 28 heavy (non-hydrogen) atoms. The van der Waals surface area contributed by atoms with Gasteiger partial charge in [-0.1, -0.05) is 25.0 Å². The fourth-order valence-corrected chi connectivity index (χ4v) is 4.43. The van der Waals surface area contributed by atoms with Crippen molar-refractivity contribution >= 4 is 5.91 Å². The summed E-state index contributed by atoms with van der Waals surface area (Å²) < 4.78 is 5.24. The van der Waals surface area contributed by atoms with Crippen LogP contribution in [0, 0.1) is 0 Å². The lowest BCUT2D eigenvalue weighted by Gasteiger charge is -2.32. The van der Waals surface area contributed by atoms with Crippen molar-refractivity contribution in [1.82, 2.24) is 20.4 Å². The van der Waals surface area contributed by atoms with Crippen LogP contribution in [0.1, 0.15) is 66.2 Å². The Bertz CT molecular complexity index is 780. The second-order valence-electron chi connectivity index (χ2n) is 8.09. The van der Waals surface area contributed by atoms with E-state index in [0.717, 1.165) is 56.8 Å². The largest absolute Gasteiger partial charge is 0.497 e. The third-order valence-electron chi connectivity index (χ3n) is 6.03. The Morgan fingerprint density at radius 2 is 2.00 bits per heavy atom. The van der Waals surface area contributed by atoms with E-state index in [4.69, 9.17) is 4.74 Å². The molecule has 0 spiro atoms. The molecular formula is C22H30N4O2. The first kappa shape index (κ1) is 19.0. The minimum Gasteiger partial charge on any atom is -0.497 e. The third kappa shape index (κ3) is 4.55. The van der Waals surface area contributed by atoms with Gasteiger partial charge in [0.25, 0.3) is 5.91 Å². The van der Waals surface area contributed by atoms with Crippen molar-refractivity contribution in [3.8, 4) is 5.75 Å². The molecule has 6 heteroatoms. The summed E-state index contributed by atoms with van der Waals surface area (Å²) in [6.07, 6.45) is 6.89. The predicted molar refractivity (Wildman–Crippen MR) is 109 cm³/mol. The number of H-pyrrole nitrogens is 1. The molecule has 1 aliphatic heterocycles. The van der Waals surface area contributed by atoms with E-state index in [1.54, 1.807) is 7.11 Å². The maximum absolute atomic E-state index is 12.4. The molecule has 1 saturated heterocycles. The molecule has 1 saturated carbocycles. The molecule has 2 N–H and O–H groups in total. The molecular weight excluding hydrogens is 352 g/mol. The first-order valence-corrected chi connectivity index (χ1v) is 10.4. The van der Waals surface area contributed by atoms with Gasteiger partial charge in [0.05, 0.1) is 7.11 Å². The highest BCUT2D eigenvalue weighted by atomic mass is 16.5. The van der Waals surface area contributed by atoms with Gasteiger partial charge in [-0.15, -0.1) is 0 Å². The van der Waals surface area contributed by atoms with E-state index in [0.29, 0.717) is 17.7 Å². The number of aromatic amines is 1. The molecule has 4 rings (SSSR count). The Balaban J connectivity index is 1.35. The van der Waals surface area contributed by atoms with Gasteiger partial charge < -0.3 is 10.1 Å². The number of carbonyl (C=O) groups is 1. The molecule has 1 atom stereocenters. The highest BCUT2D eigenvalue weighted by molar-refractivity contribution is 5.92. The molecule has 1 amide bonds. The molecule has 0 bridgehead atoms. The van der Waals surface area contributed by atoms with E-state index >= 15 is 0 Å². The van der Waals surface area contributed by atoms with Crippen LogP contribution in [0.2, 0.25) is 0 Å². The second kappa shape index (κ2) is 8.78. The zero-order valence-corrected chi connectivity index (χ0v) is 16.6. The monoisotopic (exact) mass is 382 g/mol. The average molecular weight is 383 g/mol. The highest BCUT2D eigenvalue weighted by Gasteiger charge is 2.25. The Labute approximate surface area is 166 Å². The van der Waals surface area contributed by atoms with Crippen LogP contribution in [0.25, 0.3) is 0 Å². The third-order valence-corrected chi connectivity index (χ3v) is 6.03. The van der Waals surface area contributed by atoms with Gasteiger partial charge in [-0.25, -0.2) is 0 Å². The zero-order chi connectivity index (χ0) is 19.3. The smallest absolute Gasteiger partial charge is 0.271 e. The van der Waals surface area contributed by atoms with Gasteiger partial charge in [-0.05, 0) is 56.0 Å². The number of aromatic nitrogens is 2. The molecule has 6 nitrogen and oxygen atoms in total. The number of carbonyl (C=O) groups excluding carboxylic acids is 1. The normalized spacial score (nSPS) is 21.0. The van der Waals surface area contributed by atoms with E-state index in [1.807, 2.05) is 18.2 Å². The lowest BCUT2D eigenvalue weighted by atomic mass is 9.94. The fourth-order valence-electron chi connectivity index (χ4n) is 4.43. The lowest BCUT2D eigenvalue weighted by molar-refractivity contribution is 0.0933. The topological polar surface area (TPSA) is 70.2 Å². The van der Waals surface area contributed by atoms with E-state index in [2.05, 4.69) is 32.5 Å². The zero-order valence-electron chi connectivity index (χ0n) is 16.6. The molecule has 1 aromatic heterocycles. The summed E-state index contributed by atoms with van der Waals surface area (Å²) in [4.78, 5) is 14.9. The van der Waals surface area contributed by atoms with Crippen LogP contribution in [0.3, 0.4) is 0 Å². The molecule has 1 aromatic carbocycles. The first-order chi connectivity index (χ1) is 13.7. The van der Waals surface area contributed by atoms with E-state index in [9.17, 15) is 4.79 Å². The summed E-state index contributed by atoms with van der Waals surface area (Å²) in [7, 11) is 1.69. The fraction of sp³-hybridized carbons (Fsp3) is 0.545. The second-order valence-corrected chi connectivity index (χ2v) is 8.09. The quantitative estimate of drug-likeness (QED) is 0.803. The number of benzene rings is 1. The summed E-state index contributed by atoms with van der Waals surface area (Å²) in [5.74, 6) is 1.24. The molecule has 2 aliphatic rings. The number of nitrogens with one attached hydrogen (secondary N) is 2. The van der Waals surface area contributed by atoms with Gasteiger partial charge in [-0.2, -0.15) is 5.10 Å². The van der Waals surface area contributed by atoms with Crippen LogP contribution >= 0.6 is 0 Å². The van der Waals surface area contributed by atoms with Gasteiger partial charge in [-0.3, -0.25) is 14.8 Å². The van der Waals surface area contributed by atoms with Crippen LogP contribution in [0.15, 0.2) is 30.3 Å². The Morgan fingerprint density at radius 1 is 1.21 bits per heavy atom. The number of piperidine rings is 1. The number of nitrogens with zero attached hydrogens (tertiary/aromatic N) is 2. The summed E-state index contributed by atoms with van der Waals surface area (Å²) in [5, 5.41) is 10.5. The first-order valence-electron chi connectivity index (χ1n) is 10.4. The van der Waals surface area contributed by atoms with Gasteiger partial charge >= 0.3 is 0 Å². The molecule has 2 aromatic rings. The van der Waals surface area contributed by atoms with Crippen molar-refractivity contribution in [2.75, 3.05) is 20.2 Å². The van der Waals surface area contributed by atoms with Crippen molar-refractivity contribution in [1.29, 1.82) is 0 Å². The van der Waals surface area contributed by atoms with E-state index in [-0.39, 0.29) is 5.91 Å². The molecule has 150 valence electrons. The lowest BCUT2D eigenvalue weighted by Crippen LogP contribution is -2.34. The Kier molecular flexibility index (Phi) is 5.95. The van der Waals surface area contributed by atoms with Crippen LogP contribution in [-0.4, -0.2) is 47.2 Å². The van der Waals surface area contributed by atoms with Crippen LogP contribution in [-0.2, 0) is 6.54 Å². The van der Waals surface area contributed by atoms with Crippen LogP contribution < -0.4 is 10.1 Å². The molecule has 1 aliphatic carbocycles. The number of methoxy groups -OCH3 is 1. The van der Waals surface area contributed by atoms with Crippen molar-refractivity contribution in [3.05, 3.63) is 47.3 Å². The number of hydrogen-bond acceptors (Lipinski definition) is 4. The number of likely N-dealkylation sites (tertiary alicyclic amines) is 1. The highest BCUT2D eigenvalue weighted by Crippen LogP contribution is 2.27. The van der Waals surface area contributed by atoms with Crippen LogP contribution in [0.5, 0.6) is 5.75 Å². The molecule has 2 fully saturated rings. The van der Waals surface area contributed by atoms with Crippen molar-refractivity contribution in [3.63, 3.8) is 0 Å². The Morgan fingerprint density at radius 3 is 2.75 bits per heavy atom.